The molecule has 130 valence electrons. The van der Waals surface area contributed by atoms with E-state index < -0.39 is 5.97 Å². The van der Waals surface area contributed by atoms with Crippen molar-refractivity contribution in [1.29, 1.82) is 0 Å². The summed E-state index contributed by atoms with van der Waals surface area (Å²) in [6.07, 6.45) is 0.693. The third kappa shape index (κ3) is 6.81. The first kappa shape index (κ1) is 18.7. The molecule has 0 fully saturated rings. The van der Waals surface area contributed by atoms with Gasteiger partial charge in [0.15, 0.2) is 6.61 Å². The van der Waals surface area contributed by atoms with Crippen molar-refractivity contribution < 1.29 is 19.1 Å². The van der Waals surface area contributed by atoms with Crippen molar-refractivity contribution in [2.45, 2.75) is 5.75 Å². The predicted molar refractivity (Wildman–Crippen MR) is 97.7 cm³/mol. The van der Waals surface area contributed by atoms with Crippen molar-refractivity contribution in [2.24, 2.45) is 0 Å². The lowest BCUT2D eigenvalue weighted by Crippen LogP contribution is -2.30. The molecule has 0 aromatic heterocycles. The highest BCUT2D eigenvalue weighted by molar-refractivity contribution is 7.98. The lowest BCUT2D eigenvalue weighted by molar-refractivity contribution is -0.124. The molecule has 0 aliphatic rings. The van der Waals surface area contributed by atoms with Crippen LogP contribution in [-0.2, 0) is 15.3 Å². The van der Waals surface area contributed by atoms with Gasteiger partial charge in [0, 0.05) is 23.6 Å². The molecule has 0 saturated carbocycles. The highest BCUT2D eigenvalue weighted by atomic mass is 32.2. The molecule has 5 nitrogen and oxygen atoms in total. The molecule has 0 bridgehead atoms. The Morgan fingerprint density at radius 1 is 1.04 bits per heavy atom. The summed E-state index contributed by atoms with van der Waals surface area (Å²) in [7, 11) is 0. The summed E-state index contributed by atoms with van der Waals surface area (Å²) in [5.41, 5.74) is 2.02. The fourth-order valence-electron chi connectivity index (χ4n) is 1.99. The number of benzene rings is 2. The van der Waals surface area contributed by atoms with Gasteiger partial charge in [-0.05, 0) is 17.7 Å². The summed E-state index contributed by atoms with van der Waals surface area (Å²) in [5, 5.41) is 2.71. The maximum atomic E-state index is 11.8. The third-order valence-corrected chi connectivity index (χ3v) is 4.33. The summed E-state index contributed by atoms with van der Waals surface area (Å²) < 4.78 is 4.94. The van der Waals surface area contributed by atoms with Crippen molar-refractivity contribution >= 4 is 29.9 Å². The SMILES string of the molecule is O=Cc1ccc(C(=O)OCC(=O)NCCSCc2ccccc2)cc1. The number of rotatable bonds is 9. The number of aldehydes is 1. The van der Waals surface area contributed by atoms with E-state index in [4.69, 9.17) is 4.74 Å². The van der Waals surface area contributed by atoms with Crippen LogP contribution in [0.4, 0.5) is 0 Å². The molecule has 2 aromatic rings. The fourth-order valence-corrected chi connectivity index (χ4v) is 2.81. The molecular weight excluding hydrogens is 338 g/mol. The molecule has 0 unspecified atom stereocenters. The summed E-state index contributed by atoms with van der Waals surface area (Å²) in [6.45, 7) is 0.194. The highest BCUT2D eigenvalue weighted by Gasteiger charge is 2.09. The number of esters is 1. The predicted octanol–water partition coefficient (Wildman–Crippen LogP) is 2.71. The van der Waals surface area contributed by atoms with Gasteiger partial charge in [-0.1, -0.05) is 42.5 Å². The minimum Gasteiger partial charge on any atom is -0.452 e. The van der Waals surface area contributed by atoms with Crippen LogP contribution in [0.25, 0.3) is 0 Å². The minimum atomic E-state index is -0.592. The van der Waals surface area contributed by atoms with Gasteiger partial charge in [-0.15, -0.1) is 0 Å². The van der Waals surface area contributed by atoms with Crippen molar-refractivity contribution in [2.75, 3.05) is 18.9 Å². The quantitative estimate of drug-likeness (QED) is 0.424. The summed E-state index contributed by atoms with van der Waals surface area (Å²) >= 11 is 1.72. The van der Waals surface area contributed by atoms with Gasteiger partial charge in [-0.2, -0.15) is 11.8 Å². The van der Waals surface area contributed by atoms with Crippen molar-refractivity contribution in [3.05, 3.63) is 71.3 Å². The monoisotopic (exact) mass is 357 g/mol. The number of thioether (sulfide) groups is 1. The van der Waals surface area contributed by atoms with Crippen LogP contribution in [0.15, 0.2) is 54.6 Å². The maximum Gasteiger partial charge on any atom is 0.338 e. The van der Waals surface area contributed by atoms with Gasteiger partial charge in [0.25, 0.3) is 5.91 Å². The molecule has 0 aliphatic carbocycles. The van der Waals surface area contributed by atoms with Crippen LogP contribution in [-0.4, -0.2) is 37.1 Å². The number of ether oxygens (including phenoxy) is 1. The van der Waals surface area contributed by atoms with Crippen LogP contribution in [0.2, 0.25) is 0 Å². The number of hydrogen-bond donors (Lipinski definition) is 1. The second-order valence-corrected chi connectivity index (χ2v) is 6.31. The second-order valence-electron chi connectivity index (χ2n) is 5.20. The Morgan fingerprint density at radius 3 is 2.44 bits per heavy atom. The molecule has 2 aromatic carbocycles. The molecule has 1 amide bonds. The van der Waals surface area contributed by atoms with Gasteiger partial charge in [0.1, 0.15) is 6.29 Å². The average molecular weight is 357 g/mol. The molecule has 0 heterocycles. The number of carbonyl (C=O) groups is 3. The minimum absolute atomic E-state index is 0.303. The first-order valence-electron chi connectivity index (χ1n) is 7.80. The molecule has 0 atom stereocenters. The fraction of sp³-hybridized carbons (Fsp3) is 0.211. The van der Waals surface area contributed by atoms with E-state index in [2.05, 4.69) is 17.4 Å². The van der Waals surface area contributed by atoms with E-state index in [0.717, 1.165) is 11.5 Å². The summed E-state index contributed by atoms with van der Waals surface area (Å²) in [5.74, 6) is 0.744. The van der Waals surface area contributed by atoms with E-state index in [0.29, 0.717) is 24.0 Å². The van der Waals surface area contributed by atoms with E-state index in [1.165, 1.54) is 29.8 Å². The topological polar surface area (TPSA) is 72.5 Å². The molecule has 2 rings (SSSR count). The van der Waals surface area contributed by atoms with Crippen molar-refractivity contribution in [1.82, 2.24) is 5.32 Å². The Hall–Kier alpha value is -2.60. The molecule has 6 heteroatoms. The Morgan fingerprint density at radius 2 is 1.76 bits per heavy atom. The number of hydrogen-bond acceptors (Lipinski definition) is 5. The molecule has 25 heavy (non-hydrogen) atoms. The van der Waals surface area contributed by atoms with Crippen molar-refractivity contribution in [3.8, 4) is 0 Å². The standard InChI is InChI=1S/C19H19NO4S/c21-12-15-6-8-17(9-7-15)19(23)24-13-18(22)20-10-11-25-14-16-4-2-1-3-5-16/h1-9,12H,10-11,13-14H2,(H,20,22). The zero-order valence-corrected chi connectivity index (χ0v) is 14.5. The maximum absolute atomic E-state index is 11.8. The molecule has 0 radical (unpaired) electrons. The second kappa shape index (κ2) is 10.3. The van der Waals surface area contributed by atoms with Crippen molar-refractivity contribution in [3.63, 3.8) is 0 Å². The van der Waals surface area contributed by atoms with Crippen LogP contribution in [0.3, 0.4) is 0 Å². The van der Waals surface area contributed by atoms with Crippen LogP contribution >= 0.6 is 11.8 Å². The van der Waals surface area contributed by atoms with Gasteiger partial charge in [0.05, 0.1) is 5.56 Å². The lowest BCUT2D eigenvalue weighted by Gasteiger charge is -2.07. The number of nitrogens with one attached hydrogen (secondary N) is 1. The van der Waals surface area contributed by atoms with Gasteiger partial charge in [-0.25, -0.2) is 4.79 Å². The van der Waals surface area contributed by atoms with E-state index in [1.807, 2.05) is 18.2 Å². The molecular formula is C19H19NO4S. The first-order chi connectivity index (χ1) is 12.2. The summed E-state index contributed by atoms with van der Waals surface area (Å²) in [4.78, 5) is 34.0. The number of carbonyl (C=O) groups excluding carboxylic acids is 3. The Balaban J connectivity index is 1.60. The van der Waals surface area contributed by atoms with Crippen LogP contribution in [0.5, 0.6) is 0 Å². The Labute approximate surface area is 150 Å². The third-order valence-electron chi connectivity index (χ3n) is 3.30. The highest BCUT2D eigenvalue weighted by Crippen LogP contribution is 2.10. The first-order valence-corrected chi connectivity index (χ1v) is 8.95. The van der Waals surface area contributed by atoms with Crippen LogP contribution in [0, 0.1) is 0 Å². The van der Waals surface area contributed by atoms with E-state index >= 15 is 0 Å². The van der Waals surface area contributed by atoms with E-state index in [1.54, 1.807) is 11.8 Å². The van der Waals surface area contributed by atoms with E-state index in [-0.39, 0.29) is 12.5 Å². The average Bonchev–Trinajstić information content (AvgIpc) is 2.66. The zero-order chi connectivity index (χ0) is 17.9. The molecule has 0 aliphatic heterocycles. The van der Waals surface area contributed by atoms with Crippen LogP contribution in [0.1, 0.15) is 26.3 Å². The van der Waals surface area contributed by atoms with Gasteiger partial charge >= 0.3 is 5.97 Å². The van der Waals surface area contributed by atoms with Gasteiger partial charge < -0.3 is 10.1 Å². The van der Waals surface area contributed by atoms with E-state index in [9.17, 15) is 14.4 Å². The number of amides is 1. The largest absolute Gasteiger partial charge is 0.452 e. The zero-order valence-electron chi connectivity index (χ0n) is 13.6. The van der Waals surface area contributed by atoms with Crippen LogP contribution < -0.4 is 5.32 Å². The normalized spacial score (nSPS) is 10.1. The molecule has 0 spiro atoms. The molecule has 0 saturated heterocycles. The Kier molecular flexibility index (Phi) is 7.72. The smallest absolute Gasteiger partial charge is 0.338 e. The molecule has 1 N–H and O–H groups in total. The van der Waals surface area contributed by atoms with Gasteiger partial charge in [-0.3, -0.25) is 9.59 Å². The lowest BCUT2D eigenvalue weighted by atomic mass is 10.1. The van der Waals surface area contributed by atoms with Gasteiger partial charge in [0.2, 0.25) is 0 Å². The summed E-state index contributed by atoms with van der Waals surface area (Å²) in [6, 6.07) is 16.1. The Bertz CT molecular complexity index is 701.